The number of rotatable bonds is 5. The molecule has 0 fully saturated rings. The molecule has 0 amide bonds. The minimum absolute atomic E-state index is 0.0246. The van der Waals surface area contributed by atoms with Gasteiger partial charge >= 0.3 is 10.1 Å². The summed E-state index contributed by atoms with van der Waals surface area (Å²) in [4.78, 5) is -0.0504. The molecule has 0 spiro atoms. The van der Waals surface area contributed by atoms with Gasteiger partial charge in [0.15, 0.2) is 5.71 Å². The van der Waals surface area contributed by atoms with E-state index in [1.54, 1.807) is 36.4 Å². The first kappa shape index (κ1) is 17.3. The van der Waals surface area contributed by atoms with Gasteiger partial charge in [0.25, 0.3) is 0 Å². The van der Waals surface area contributed by atoms with E-state index >= 15 is 0 Å². The van der Waals surface area contributed by atoms with E-state index in [0.29, 0.717) is 15.6 Å². The van der Waals surface area contributed by atoms with Crippen molar-refractivity contribution in [2.24, 2.45) is 5.16 Å². The molecule has 0 saturated heterocycles. The number of nitriles is 1. The Balaban J connectivity index is 2.18. The standard InChI is InChI=1S/C15H10Cl2N2O3S/c16-12-7-6-11(15(17)9-12)8-13(10-18)19-22-23(20,21)14-4-2-1-3-5-14/h1-7,9H,8H2. The smallest absolute Gasteiger partial charge is 0.264 e. The first-order valence-electron chi connectivity index (χ1n) is 6.32. The second-order valence-corrected chi connectivity index (χ2v) is 6.78. The Morgan fingerprint density at radius 1 is 1.17 bits per heavy atom. The van der Waals surface area contributed by atoms with Gasteiger partial charge in [0.2, 0.25) is 0 Å². The fourth-order valence-electron chi connectivity index (χ4n) is 1.66. The molecule has 23 heavy (non-hydrogen) atoms. The molecule has 0 heterocycles. The van der Waals surface area contributed by atoms with Crippen LogP contribution in [-0.2, 0) is 20.8 Å². The van der Waals surface area contributed by atoms with E-state index in [1.807, 2.05) is 0 Å². The van der Waals surface area contributed by atoms with Crippen molar-refractivity contribution in [2.45, 2.75) is 11.3 Å². The maximum Gasteiger partial charge on any atom is 0.358 e. The van der Waals surface area contributed by atoms with E-state index in [2.05, 4.69) is 9.44 Å². The van der Waals surface area contributed by atoms with Crippen LogP contribution in [0, 0.1) is 11.3 Å². The molecule has 0 aliphatic heterocycles. The molecule has 118 valence electrons. The largest absolute Gasteiger partial charge is 0.358 e. The number of halogens is 2. The SMILES string of the molecule is N#CC(Cc1ccc(Cl)cc1Cl)=NOS(=O)(=O)c1ccccc1. The van der Waals surface area contributed by atoms with Crippen molar-refractivity contribution in [2.75, 3.05) is 0 Å². The van der Waals surface area contributed by atoms with Crippen molar-refractivity contribution < 1.29 is 12.7 Å². The Kier molecular flexibility index (Phi) is 5.61. The maximum absolute atomic E-state index is 11.9. The van der Waals surface area contributed by atoms with Gasteiger partial charge in [-0.05, 0) is 29.8 Å². The summed E-state index contributed by atoms with van der Waals surface area (Å²) in [5.74, 6) is 0. The molecule has 0 radical (unpaired) electrons. The fourth-order valence-corrected chi connectivity index (χ4v) is 2.90. The van der Waals surface area contributed by atoms with Gasteiger partial charge in [0.05, 0.1) is 0 Å². The Morgan fingerprint density at radius 3 is 2.48 bits per heavy atom. The Hall–Kier alpha value is -2.07. The third kappa shape index (κ3) is 4.70. The molecule has 0 aliphatic carbocycles. The highest BCUT2D eigenvalue weighted by atomic mass is 35.5. The van der Waals surface area contributed by atoms with Gasteiger partial charge in [0.1, 0.15) is 11.0 Å². The van der Waals surface area contributed by atoms with Crippen LogP contribution in [-0.4, -0.2) is 14.1 Å². The molecule has 8 heteroatoms. The highest BCUT2D eigenvalue weighted by Crippen LogP contribution is 2.22. The number of nitrogens with zero attached hydrogens (tertiary/aromatic N) is 2. The van der Waals surface area contributed by atoms with Crippen LogP contribution in [0.25, 0.3) is 0 Å². The molecule has 0 bridgehead atoms. The molecule has 0 atom stereocenters. The topological polar surface area (TPSA) is 79.5 Å². The number of hydrogen-bond donors (Lipinski definition) is 0. The van der Waals surface area contributed by atoms with Crippen molar-refractivity contribution >= 4 is 39.0 Å². The van der Waals surface area contributed by atoms with Gasteiger partial charge in [-0.25, -0.2) is 0 Å². The van der Waals surface area contributed by atoms with Crippen LogP contribution in [0.15, 0.2) is 58.6 Å². The van der Waals surface area contributed by atoms with Crippen molar-refractivity contribution in [1.29, 1.82) is 5.26 Å². The number of oxime groups is 1. The predicted octanol–water partition coefficient (Wildman–Crippen LogP) is 3.82. The summed E-state index contributed by atoms with van der Waals surface area (Å²) in [6.45, 7) is 0. The minimum atomic E-state index is -4.07. The molecule has 0 aromatic heterocycles. The molecule has 0 unspecified atom stereocenters. The molecular weight excluding hydrogens is 359 g/mol. The molecule has 0 N–H and O–H groups in total. The zero-order valence-electron chi connectivity index (χ0n) is 11.6. The quantitative estimate of drug-likeness (QED) is 0.593. The van der Waals surface area contributed by atoms with Crippen LogP contribution in [0.5, 0.6) is 0 Å². The molecule has 2 rings (SSSR count). The monoisotopic (exact) mass is 368 g/mol. The third-order valence-electron chi connectivity index (χ3n) is 2.78. The maximum atomic E-state index is 11.9. The third-order valence-corrected chi connectivity index (χ3v) is 4.49. The summed E-state index contributed by atoms with van der Waals surface area (Å²) in [5.41, 5.74) is 0.450. The zero-order valence-corrected chi connectivity index (χ0v) is 13.9. The summed E-state index contributed by atoms with van der Waals surface area (Å²) in [6, 6.07) is 14.1. The number of benzene rings is 2. The first-order chi connectivity index (χ1) is 10.9. The zero-order chi connectivity index (χ0) is 16.9. The van der Waals surface area contributed by atoms with Crippen LogP contribution >= 0.6 is 23.2 Å². The second-order valence-electron chi connectivity index (χ2n) is 4.40. The van der Waals surface area contributed by atoms with Crippen molar-refractivity contribution in [3.8, 4) is 6.07 Å². The van der Waals surface area contributed by atoms with E-state index in [4.69, 9.17) is 28.5 Å². The molecule has 0 saturated carbocycles. The lowest BCUT2D eigenvalue weighted by Crippen LogP contribution is -2.07. The van der Waals surface area contributed by atoms with Crippen molar-refractivity contribution in [1.82, 2.24) is 0 Å². The predicted molar refractivity (Wildman–Crippen MR) is 87.9 cm³/mol. The average Bonchev–Trinajstić information content (AvgIpc) is 2.54. The van der Waals surface area contributed by atoms with Crippen LogP contribution in [0.1, 0.15) is 5.56 Å². The molecule has 0 aliphatic rings. The highest BCUT2D eigenvalue weighted by Gasteiger charge is 2.16. The van der Waals surface area contributed by atoms with Gasteiger partial charge in [-0.3, -0.25) is 4.28 Å². The molecule has 2 aromatic carbocycles. The molecule has 2 aromatic rings. The average molecular weight is 369 g/mol. The second kappa shape index (κ2) is 7.47. The van der Waals surface area contributed by atoms with Gasteiger partial charge in [0, 0.05) is 16.5 Å². The lowest BCUT2D eigenvalue weighted by Gasteiger charge is -2.04. The van der Waals surface area contributed by atoms with E-state index in [1.165, 1.54) is 18.2 Å². The van der Waals surface area contributed by atoms with Gasteiger partial charge in [-0.15, -0.1) is 0 Å². The number of hydrogen-bond acceptors (Lipinski definition) is 5. The Labute approximate surface area is 143 Å². The Morgan fingerprint density at radius 2 is 1.87 bits per heavy atom. The highest BCUT2D eigenvalue weighted by molar-refractivity contribution is 7.86. The summed E-state index contributed by atoms with van der Waals surface area (Å²) < 4.78 is 28.4. The van der Waals surface area contributed by atoms with Crippen LogP contribution in [0.3, 0.4) is 0 Å². The first-order valence-corrected chi connectivity index (χ1v) is 8.48. The summed E-state index contributed by atoms with van der Waals surface area (Å²) in [7, 11) is -4.07. The lowest BCUT2D eigenvalue weighted by molar-refractivity contribution is 0.338. The van der Waals surface area contributed by atoms with E-state index in [0.717, 1.165) is 0 Å². The lowest BCUT2D eigenvalue weighted by atomic mass is 10.1. The summed E-state index contributed by atoms with van der Waals surface area (Å²) in [6.07, 6.45) is 0.0246. The summed E-state index contributed by atoms with van der Waals surface area (Å²) >= 11 is 11.8. The normalized spacial score (nSPS) is 11.8. The molecular formula is C15H10Cl2N2O3S. The Bertz CT molecular complexity index is 875. The van der Waals surface area contributed by atoms with E-state index in [-0.39, 0.29) is 17.0 Å². The van der Waals surface area contributed by atoms with Crippen molar-refractivity contribution in [3.05, 3.63) is 64.1 Å². The van der Waals surface area contributed by atoms with Crippen LogP contribution in [0.2, 0.25) is 10.0 Å². The minimum Gasteiger partial charge on any atom is -0.264 e. The van der Waals surface area contributed by atoms with Crippen LogP contribution in [0.4, 0.5) is 0 Å². The van der Waals surface area contributed by atoms with E-state index < -0.39 is 10.1 Å². The van der Waals surface area contributed by atoms with Crippen LogP contribution < -0.4 is 0 Å². The van der Waals surface area contributed by atoms with Gasteiger partial charge in [-0.1, -0.05) is 52.6 Å². The molecule has 5 nitrogen and oxygen atoms in total. The fraction of sp³-hybridized carbons (Fsp3) is 0.0667. The van der Waals surface area contributed by atoms with E-state index in [9.17, 15) is 8.42 Å². The summed E-state index contributed by atoms with van der Waals surface area (Å²) in [5, 5.41) is 13.3. The van der Waals surface area contributed by atoms with Crippen molar-refractivity contribution in [3.63, 3.8) is 0 Å². The van der Waals surface area contributed by atoms with Gasteiger partial charge < -0.3 is 0 Å². The van der Waals surface area contributed by atoms with Gasteiger partial charge in [-0.2, -0.15) is 13.7 Å².